The quantitative estimate of drug-likeness (QED) is 0.806. The monoisotopic (exact) mass is 356 g/mol. The van der Waals surface area contributed by atoms with Crippen LogP contribution in [0.1, 0.15) is 23.5 Å². The minimum absolute atomic E-state index is 0.162. The van der Waals surface area contributed by atoms with Gasteiger partial charge in [0.1, 0.15) is 18.0 Å². The number of fused-ring (bicyclic) bond motifs is 1. The first-order valence-electron chi connectivity index (χ1n) is 9.13. The molecule has 0 saturated carbocycles. The van der Waals surface area contributed by atoms with Gasteiger partial charge in [-0.2, -0.15) is 0 Å². The van der Waals surface area contributed by atoms with Crippen LogP contribution >= 0.6 is 0 Å². The van der Waals surface area contributed by atoms with Gasteiger partial charge in [-0.1, -0.05) is 0 Å². The highest BCUT2D eigenvalue weighted by molar-refractivity contribution is 5.76. The Labute approximate surface area is 152 Å². The van der Waals surface area contributed by atoms with Crippen molar-refractivity contribution in [3.05, 3.63) is 35.8 Å². The highest BCUT2D eigenvalue weighted by Gasteiger charge is 2.26. The van der Waals surface area contributed by atoms with Crippen molar-refractivity contribution >= 4 is 11.7 Å². The van der Waals surface area contributed by atoms with E-state index in [4.69, 9.17) is 4.74 Å². The number of morpholine rings is 1. The first kappa shape index (κ1) is 17.0. The van der Waals surface area contributed by atoms with Crippen LogP contribution < -0.4 is 4.90 Å². The average Bonchev–Trinajstić information content (AvgIpc) is 3.10. The van der Waals surface area contributed by atoms with Gasteiger partial charge in [0.15, 0.2) is 0 Å². The number of carbonyl (C=O) groups excluding carboxylic acids is 1. The SMILES string of the molecule is Cc1nccn1CCC(=O)N1CCc2c(ncnc2N2CCOCC2)C1. The summed E-state index contributed by atoms with van der Waals surface area (Å²) in [6, 6.07) is 0. The second-order valence-corrected chi connectivity index (χ2v) is 6.71. The molecule has 0 spiro atoms. The molecule has 4 heterocycles. The van der Waals surface area contributed by atoms with E-state index in [0.717, 1.165) is 56.6 Å². The van der Waals surface area contributed by atoms with Crippen LogP contribution in [0.5, 0.6) is 0 Å². The number of aryl methyl sites for hydroxylation is 2. The summed E-state index contributed by atoms with van der Waals surface area (Å²) in [5.74, 6) is 2.11. The Morgan fingerprint density at radius 1 is 1.19 bits per heavy atom. The Morgan fingerprint density at radius 3 is 2.81 bits per heavy atom. The van der Waals surface area contributed by atoms with Crippen LogP contribution in [0.2, 0.25) is 0 Å². The number of nitrogens with zero attached hydrogens (tertiary/aromatic N) is 6. The second kappa shape index (κ2) is 7.41. The number of amides is 1. The van der Waals surface area contributed by atoms with E-state index in [1.807, 2.05) is 22.6 Å². The smallest absolute Gasteiger partial charge is 0.224 e. The fourth-order valence-corrected chi connectivity index (χ4v) is 3.61. The molecule has 0 radical (unpaired) electrons. The van der Waals surface area contributed by atoms with Gasteiger partial charge in [-0.05, 0) is 13.3 Å². The Bertz CT molecular complexity index is 784. The van der Waals surface area contributed by atoms with E-state index in [1.165, 1.54) is 5.56 Å². The summed E-state index contributed by atoms with van der Waals surface area (Å²) in [6.07, 6.45) is 6.58. The first-order valence-corrected chi connectivity index (χ1v) is 9.13. The average molecular weight is 356 g/mol. The summed E-state index contributed by atoms with van der Waals surface area (Å²) >= 11 is 0. The molecular weight excluding hydrogens is 332 g/mol. The Balaban J connectivity index is 1.42. The number of imidazole rings is 1. The summed E-state index contributed by atoms with van der Waals surface area (Å²) in [6.45, 7) is 7.08. The number of rotatable bonds is 4. The third-order valence-electron chi connectivity index (χ3n) is 5.14. The molecule has 138 valence electrons. The topological polar surface area (TPSA) is 76.4 Å². The van der Waals surface area contributed by atoms with E-state index in [2.05, 4.69) is 19.9 Å². The number of aromatic nitrogens is 4. The van der Waals surface area contributed by atoms with Gasteiger partial charge in [0.2, 0.25) is 5.91 Å². The zero-order chi connectivity index (χ0) is 17.9. The van der Waals surface area contributed by atoms with Crippen LogP contribution in [0.15, 0.2) is 18.7 Å². The van der Waals surface area contributed by atoms with Crippen molar-refractivity contribution in [2.45, 2.75) is 32.9 Å². The van der Waals surface area contributed by atoms with Crippen LogP contribution in [0.25, 0.3) is 0 Å². The van der Waals surface area contributed by atoms with Gasteiger partial charge < -0.3 is 19.1 Å². The number of anilines is 1. The first-order chi connectivity index (χ1) is 12.7. The van der Waals surface area contributed by atoms with Crippen molar-refractivity contribution in [1.29, 1.82) is 0 Å². The van der Waals surface area contributed by atoms with Crippen LogP contribution in [0.4, 0.5) is 5.82 Å². The second-order valence-electron chi connectivity index (χ2n) is 6.71. The third kappa shape index (κ3) is 3.41. The van der Waals surface area contributed by atoms with Crippen molar-refractivity contribution in [1.82, 2.24) is 24.4 Å². The maximum Gasteiger partial charge on any atom is 0.224 e. The zero-order valence-corrected chi connectivity index (χ0v) is 15.1. The van der Waals surface area contributed by atoms with E-state index >= 15 is 0 Å². The highest BCUT2D eigenvalue weighted by atomic mass is 16.5. The van der Waals surface area contributed by atoms with Gasteiger partial charge in [0.05, 0.1) is 25.5 Å². The van der Waals surface area contributed by atoms with Crippen LogP contribution in [0, 0.1) is 6.92 Å². The molecule has 8 heteroatoms. The van der Waals surface area contributed by atoms with Gasteiger partial charge in [-0.15, -0.1) is 0 Å². The fraction of sp³-hybridized carbons (Fsp3) is 0.556. The number of hydrogen-bond acceptors (Lipinski definition) is 6. The van der Waals surface area contributed by atoms with E-state index in [1.54, 1.807) is 12.5 Å². The minimum Gasteiger partial charge on any atom is -0.378 e. The lowest BCUT2D eigenvalue weighted by molar-refractivity contribution is -0.132. The molecule has 2 aliphatic heterocycles. The molecule has 4 rings (SSSR count). The molecular formula is C18H24N6O2. The summed E-state index contributed by atoms with van der Waals surface area (Å²) in [4.78, 5) is 30.0. The van der Waals surface area contributed by atoms with Gasteiger partial charge in [0, 0.05) is 50.6 Å². The summed E-state index contributed by atoms with van der Waals surface area (Å²) < 4.78 is 7.44. The van der Waals surface area contributed by atoms with Crippen molar-refractivity contribution in [2.75, 3.05) is 37.7 Å². The molecule has 2 aliphatic rings. The number of carbonyl (C=O) groups is 1. The Kier molecular flexibility index (Phi) is 4.83. The molecule has 26 heavy (non-hydrogen) atoms. The molecule has 1 amide bonds. The molecule has 1 saturated heterocycles. The largest absolute Gasteiger partial charge is 0.378 e. The van der Waals surface area contributed by atoms with Crippen LogP contribution in [-0.4, -0.2) is 63.2 Å². The number of hydrogen-bond donors (Lipinski definition) is 0. The summed E-state index contributed by atoms with van der Waals surface area (Å²) in [5, 5.41) is 0. The zero-order valence-electron chi connectivity index (χ0n) is 15.1. The van der Waals surface area contributed by atoms with Gasteiger partial charge in [-0.25, -0.2) is 15.0 Å². The maximum atomic E-state index is 12.6. The maximum absolute atomic E-state index is 12.6. The van der Waals surface area contributed by atoms with Crippen molar-refractivity contribution in [2.24, 2.45) is 0 Å². The van der Waals surface area contributed by atoms with Crippen molar-refractivity contribution in [3.63, 3.8) is 0 Å². The fourth-order valence-electron chi connectivity index (χ4n) is 3.61. The predicted molar refractivity (Wildman–Crippen MR) is 95.8 cm³/mol. The van der Waals surface area contributed by atoms with Crippen molar-refractivity contribution in [3.8, 4) is 0 Å². The summed E-state index contributed by atoms with van der Waals surface area (Å²) in [5.41, 5.74) is 2.16. The highest BCUT2D eigenvalue weighted by Crippen LogP contribution is 2.26. The lowest BCUT2D eigenvalue weighted by atomic mass is 10.0. The van der Waals surface area contributed by atoms with Gasteiger partial charge in [-0.3, -0.25) is 4.79 Å². The minimum atomic E-state index is 0.162. The molecule has 2 aromatic heterocycles. The molecule has 0 unspecified atom stereocenters. The summed E-state index contributed by atoms with van der Waals surface area (Å²) in [7, 11) is 0. The molecule has 0 N–H and O–H groups in total. The molecule has 0 bridgehead atoms. The third-order valence-corrected chi connectivity index (χ3v) is 5.14. The standard InChI is InChI=1S/C18H24N6O2/c1-14-19-4-7-22(14)6-3-17(25)24-5-2-15-16(12-24)20-13-21-18(15)23-8-10-26-11-9-23/h4,7,13H,2-3,5-6,8-12H2,1H3. The van der Waals surface area contributed by atoms with E-state index in [0.29, 0.717) is 19.5 Å². The van der Waals surface area contributed by atoms with Crippen LogP contribution in [-0.2, 0) is 29.0 Å². The van der Waals surface area contributed by atoms with Crippen molar-refractivity contribution < 1.29 is 9.53 Å². The number of ether oxygens (including phenoxy) is 1. The molecule has 0 atom stereocenters. The van der Waals surface area contributed by atoms with E-state index < -0.39 is 0 Å². The van der Waals surface area contributed by atoms with E-state index in [9.17, 15) is 4.79 Å². The van der Waals surface area contributed by atoms with Gasteiger partial charge >= 0.3 is 0 Å². The Morgan fingerprint density at radius 2 is 2.04 bits per heavy atom. The molecule has 1 fully saturated rings. The molecule has 2 aromatic rings. The van der Waals surface area contributed by atoms with Gasteiger partial charge in [0.25, 0.3) is 0 Å². The Hall–Kier alpha value is -2.48. The van der Waals surface area contributed by atoms with Crippen LogP contribution in [0.3, 0.4) is 0 Å². The normalized spacial score (nSPS) is 17.3. The molecule has 0 aromatic carbocycles. The lowest BCUT2D eigenvalue weighted by Gasteiger charge is -2.33. The lowest BCUT2D eigenvalue weighted by Crippen LogP contribution is -2.40. The molecule has 8 nitrogen and oxygen atoms in total. The molecule has 0 aliphatic carbocycles. The predicted octanol–water partition coefficient (Wildman–Crippen LogP) is 0.793. The van der Waals surface area contributed by atoms with E-state index in [-0.39, 0.29) is 5.91 Å².